The van der Waals surface area contributed by atoms with Gasteiger partial charge >= 0.3 is 0 Å². The number of rotatable bonds is 6. The summed E-state index contributed by atoms with van der Waals surface area (Å²) in [7, 11) is 0. The molecule has 0 amide bonds. The van der Waals surface area contributed by atoms with Crippen LogP contribution in [0, 0.1) is 0 Å². The minimum Gasteiger partial charge on any atom is -0.365 e. The Morgan fingerprint density at radius 2 is 1.67 bits per heavy atom. The number of hydrogen-bond donors (Lipinski definition) is 1. The summed E-state index contributed by atoms with van der Waals surface area (Å²) in [6.07, 6.45) is 4.92. The van der Waals surface area contributed by atoms with Gasteiger partial charge in [0.15, 0.2) is 17.0 Å². The van der Waals surface area contributed by atoms with Gasteiger partial charge in [-0.3, -0.25) is 9.47 Å². The van der Waals surface area contributed by atoms with E-state index in [-0.39, 0.29) is 6.04 Å². The Labute approximate surface area is 213 Å². The fourth-order valence-electron chi connectivity index (χ4n) is 5.64. The predicted molar refractivity (Wildman–Crippen MR) is 145 cm³/mol. The first-order chi connectivity index (χ1) is 17.7. The number of likely N-dealkylation sites (tertiary alicyclic amines) is 1. The second kappa shape index (κ2) is 9.90. The molecule has 2 aromatic heterocycles. The van der Waals surface area contributed by atoms with E-state index >= 15 is 0 Å². The molecule has 1 saturated heterocycles. The van der Waals surface area contributed by atoms with Crippen molar-refractivity contribution in [1.82, 2.24) is 24.4 Å². The summed E-state index contributed by atoms with van der Waals surface area (Å²) >= 11 is 0. The van der Waals surface area contributed by atoms with Crippen LogP contribution < -0.4 is 10.2 Å². The monoisotopic (exact) mass is 481 g/mol. The van der Waals surface area contributed by atoms with Crippen LogP contribution in [0.2, 0.25) is 0 Å². The molecular weight excluding hydrogens is 446 g/mol. The summed E-state index contributed by atoms with van der Waals surface area (Å²) < 4.78 is 2.28. The third-order valence-corrected chi connectivity index (χ3v) is 7.57. The molecule has 0 radical (unpaired) electrons. The van der Waals surface area contributed by atoms with Crippen LogP contribution in [0.1, 0.15) is 49.4 Å². The molecule has 0 atom stereocenters. The smallest absolute Gasteiger partial charge is 0.208 e. The maximum atomic E-state index is 5.16. The number of benzene rings is 2. The van der Waals surface area contributed by atoms with E-state index in [0.29, 0.717) is 6.04 Å². The van der Waals surface area contributed by atoms with E-state index in [9.17, 15) is 0 Å². The maximum absolute atomic E-state index is 5.16. The molecule has 186 valence electrons. The first kappa shape index (κ1) is 23.0. The molecule has 0 unspecified atom stereocenters. The number of piperidine rings is 1. The van der Waals surface area contributed by atoms with Gasteiger partial charge in [-0.1, -0.05) is 54.6 Å². The molecule has 1 N–H and O–H groups in total. The topological polar surface area (TPSA) is 62.1 Å². The van der Waals surface area contributed by atoms with E-state index in [1.165, 1.54) is 16.7 Å². The van der Waals surface area contributed by atoms with Crippen molar-refractivity contribution >= 4 is 22.9 Å². The zero-order valence-electron chi connectivity index (χ0n) is 21.3. The van der Waals surface area contributed by atoms with Crippen LogP contribution in [-0.4, -0.2) is 50.1 Å². The van der Waals surface area contributed by atoms with Crippen LogP contribution in [-0.2, 0) is 19.5 Å². The first-order valence-corrected chi connectivity index (χ1v) is 13.2. The van der Waals surface area contributed by atoms with Crippen molar-refractivity contribution in [2.45, 2.75) is 58.3 Å². The normalized spacial score (nSPS) is 17.0. The number of nitrogens with zero attached hydrogens (tertiary/aromatic N) is 6. The second-order valence-electron chi connectivity index (χ2n) is 10.4. The van der Waals surface area contributed by atoms with E-state index in [1.807, 2.05) is 0 Å². The first-order valence-electron chi connectivity index (χ1n) is 13.2. The van der Waals surface area contributed by atoms with Crippen molar-refractivity contribution in [2.24, 2.45) is 0 Å². The van der Waals surface area contributed by atoms with Crippen molar-refractivity contribution in [1.29, 1.82) is 0 Å². The third kappa shape index (κ3) is 4.55. The number of hydrogen-bond acceptors (Lipinski definition) is 6. The van der Waals surface area contributed by atoms with Crippen LogP contribution >= 0.6 is 0 Å². The number of imidazole rings is 1. The molecule has 36 heavy (non-hydrogen) atoms. The molecule has 2 aromatic carbocycles. The second-order valence-corrected chi connectivity index (χ2v) is 10.4. The van der Waals surface area contributed by atoms with Crippen molar-refractivity contribution in [3.8, 4) is 0 Å². The van der Waals surface area contributed by atoms with Gasteiger partial charge in [0.25, 0.3) is 0 Å². The zero-order valence-corrected chi connectivity index (χ0v) is 21.3. The molecule has 0 spiro atoms. The molecule has 0 aliphatic carbocycles. The summed E-state index contributed by atoms with van der Waals surface area (Å²) in [5, 5.41) is 3.73. The highest BCUT2D eigenvalue weighted by atomic mass is 15.3. The molecule has 0 bridgehead atoms. The number of aromatic nitrogens is 4. The van der Waals surface area contributed by atoms with Gasteiger partial charge in [0.1, 0.15) is 6.33 Å². The van der Waals surface area contributed by atoms with Gasteiger partial charge in [0.05, 0.1) is 0 Å². The van der Waals surface area contributed by atoms with Crippen molar-refractivity contribution in [2.75, 3.05) is 29.9 Å². The quantitative estimate of drug-likeness (QED) is 0.416. The van der Waals surface area contributed by atoms with Gasteiger partial charge in [-0.05, 0) is 49.8 Å². The van der Waals surface area contributed by atoms with Gasteiger partial charge in [-0.25, -0.2) is 15.0 Å². The van der Waals surface area contributed by atoms with Crippen LogP contribution in [0.4, 0.5) is 11.8 Å². The number of fused-ring (bicyclic) bond motifs is 2. The summed E-state index contributed by atoms with van der Waals surface area (Å²) in [5.41, 5.74) is 6.01. The molecular formula is C29H35N7. The predicted octanol–water partition coefficient (Wildman–Crippen LogP) is 5.05. The van der Waals surface area contributed by atoms with Gasteiger partial charge in [-0.15, -0.1) is 0 Å². The Bertz CT molecular complexity index is 1320. The Morgan fingerprint density at radius 1 is 0.917 bits per heavy atom. The molecule has 7 heteroatoms. The van der Waals surface area contributed by atoms with E-state index < -0.39 is 0 Å². The third-order valence-electron chi connectivity index (χ3n) is 7.57. The van der Waals surface area contributed by atoms with Crippen LogP contribution in [0.5, 0.6) is 0 Å². The lowest BCUT2D eigenvalue weighted by Gasteiger charge is -2.32. The van der Waals surface area contributed by atoms with E-state index in [4.69, 9.17) is 4.98 Å². The summed E-state index contributed by atoms with van der Waals surface area (Å²) in [6, 6.07) is 20.2. The SMILES string of the molecule is CC(C)n1c(N2CCc3ccccc3C2)nc2c(NC3CCN(Cc4ccccc4)CC3)ncnc21. The highest BCUT2D eigenvalue weighted by Gasteiger charge is 2.26. The largest absolute Gasteiger partial charge is 0.365 e. The molecule has 6 rings (SSSR count). The number of anilines is 2. The van der Waals surface area contributed by atoms with Crippen LogP contribution in [0.15, 0.2) is 60.9 Å². The van der Waals surface area contributed by atoms with Crippen LogP contribution in [0.25, 0.3) is 11.2 Å². The Morgan fingerprint density at radius 3 is 2.44 bits per heavy atom. The Balaban J connectivity index is 1.21. The van der Waals surface area contributed by atoms with Crippen molar-refractivity contribution < 1.29 is 0 Å². The Kier molecular flexibility index (Phi) is 6.32. The minimum absolute atomic E-state index is 0.256. The summed E-state index contributed by atoms with van der Waals surface area (Å²) in [5.74, 6) is 1.86. The summed E-state index contributed by atoms with van der Waals surface area (Å²) in [6.45, 7) is 9.44. The standard InChI is InChI=1S/C29H35N7/c1-21(2)36-28-26(33-29(36)35-17-12-23-10-6-7-11-24(23)19-35)27(30-20-31-28)32-25-13-15-34(16-14-25)18-22-8-4-3-5-9-22/h3-11,20-21,25H,12-19H2,1-2H3,(H,30,31,32). The molecule has 7 nitrogen and oxygen atoms in total. The lowest BCUT2D eigenvalue weighted by atomic mass is 10.0. The van der Waals surface area contributed by atoms with Gasteiger partial charge in [0, 0.05) is 44.8 Å². The average Bonchev–Trinajstić information content (AvgIpc) is 3.31. The molecule has 0 saturated carbocycles. The highest BCUT2D eigenvalue weighted by molar-refractivity contribution is 5.85. The average molecular weight is 482 g/mol. The summed E-state index contributed by atoms with van der Waals surface area (Å²) in [4.78, 5) is 19.4. The molecule has 2 aliphatic rings. The molecule has 4 heterocycles. The maximum Gasteiger partial charge on any atom is 0.208 e. The van der Waals surface area contributed by atoms with Crippen LogP contribution in [0.3, 0.4) is 0 Å². The fourth-order valence-corrected chi connectivity index (χ4v) is 5.64. The number of nitrogens with one attached hydrogen (secondary N) is 1. The van der Waals surface area contributed by atoms with Crippen molar-refractivity contribution in [3.05, 3.63) is 77.6 Å². The van der Waals surface area contributed by atoms with E-state index in [2.05, 4.69) is 98.1 Å². The van der Waals surface area contributed by atoms with Gasteiger partial charge < -0.3 is 10.2 Å². The van der Waals surface area contributed by atoms with E-state index in [1.54, 1.807) is 6.33 Å². The van der Waals surface area contributed by atoms with Crippen molar-refractivity contribution in [3.63, 3.8) is 0 Å². The minimum atomic E-state index is 0.256. The highest BCUT2D eigenvalue weighted by Crippen LogP contribution is 2.32. The van der Waals surface area contributed by atoms with E-state index in [0.717, 1.165) is 74.9 Å². The van der Waals surface area contributed by atoms with Gasteiger partial charge in [0.2, 0.25) is 5.95 Å². The lowest BCUT2D eigenvalue weighted by Crippen LogP contribution is -2.38. The zero-order chi connectivity index (χ0) is 24.5. The molecule has 4 aromatic rings. The van der Waals surface area contributed by atoms with Gasteiger partial charge in [-0.2, -0.15) is 0 Å². The fraction of sp³-hybridized carbons (Fsp3) is 0.414. The molecule has 1 fully saturated rings. The molecule has 2 aliphatic heterocycles. The lowest BCUT2D eigenvalue weighted by molar-refractivity contribution is 0.211. The Hall–Kier alpha value is -3.45.